The Kier molecular flexibility index (Phi) is 4.19. The van der Waals surface area contributed by atoms with E-state index in [1.165, 1.54) is 0 Å². The molecule has 1 heterocycles. The number of nitriles is 1. The maximum atomic E-state index is 11.5. The summed E-state index contributed by atoms with van der Waals surface area (Å²) in [6.45, 7) is 0. The van der Waals surface area contributed by atoms with Crippen molar-refractivity contribution < 1.29 is 9.59 Å². The van der Waals surface area contributed by atoms with Gasteiger partial charge >= 0.3 is 0 Å². The van der Waals surface area contributed by atoms with Crippen molar-refractivity contribution in [3.63, 3.8) is 0 Å². The summed E-state index contributed by atoms with van der Waals surface area (Å²) in [4.78, 5) is 22.3. The van der Waals surface area contributed by atoms with E-state index in [1.807, 2.05) is 6.26 Å². The molecule has 1 aliphatic heterocycles. The Hall–Kier alpha value is -1.68. The van der Waals surface area contributed by atoms with Gasteiger partial charge in [-0.2, -0.15) is 17.0 Å². The van der Waals surface area contributed by atoms with E-state index in [2.05, 4.69) is 10.6 Å². The summed E-state index contributed by atoms with van der Waals surface area (Å²) < 4.78 is 0. The third-order valence-electron chi connectivity index (χ3n) is 2.10. The fourth-order valence-corrected chi connectivity index (χ4v) is 1.77. The molecule has 0 aromatic carbocycles. The molecular formula is C9H12N4O2S. The number of nitrogens with zero attached hydrogens (tertiary/aromatic N) is 1. The highest BCUT2D eigenvalue weighted by atomic mass is 32.2. The van der Waals surface area contributed by atoms with Crippen LogP contribution in [-0.4, -0.2) is 29.9 Å². The Balaban J connectivity index is 2.80. The van der Waals surface area contributed by atoms with Crippen LogP contribution in [0.2, 0.25) is 0 Å². The Morgan fingerprint density at radius 2 is 2.38 bits per heavy atom. The van der Waals surface area contributed by atoms with E-state index in [0.717, 1.165) is 5.75 Å². The minimum atomic E-state index is -0.851. The van der Waals surface area contributed by atoms with Gasteiger partial charge in [-0.25, -0.2) is 0 Å². The molecule has 1 fully saturated rings. The second-order valence-corrected chi connectivity index (χ2v) is 4.18. The van der Waals surface area contributed by atoms with Gasteiger partial charge < -0.3 is 16.4 Å². The van der Waals surface area contributed by atoms with Crippen molar-refractivity contribution in [2.45, 2.75) is 12.5 Å². The first kappa shape index (κ1) is 12.4. The molecule has 1 atom stereocenters. The van der Waals surface area contributed by atoms with Gasteiger partial charge in [0.2, 0.25) is 5.91 Å². The predicted octanol–water partition coefficient (Wildman–Crippen LogP) is -0.952. The van der Waals surface area contributed by atoms with Gasteiger partial charge in [-0.3, -0.25) is 9.59 Å². The normalized spacial score (nSPS) is 22.0. The van der Waals surface area contributed by atoms with Crippen LogP contribution in [0.3, 0.4) is 0 Å². The summed E-state index contributed by atoms with van der Waals surface area (Å²) in [5.74, 6) is -0.156. The van der Waals surface area contributed by atoms with Crippen LogP contribution < -0.4 is 16.4 Å². The van der Waals surface area contributed by atoms with Crippen LogP contribution in [0.25, 0.3) is 0 Å². The lowest BCUT2D eigenvalue weighted by molar-refractivity contribution is -0.120. The van der Waals surface area contributed by atoms with Crippen LogP contribution in [0.1, 0.15) is 6.42 Å². The van der Waals surface area contributed by atoms with Crippen LogP contribution >= 0.6 is 11.8 Å². The number of nitrogens with one attached hydrogen (secondary N) is 2. The molecule has 0 aromatic rings. The fraction of sp³-hybridized carbons (Fsp3) is 0.444. The van der Waals surface area contributed by atoms with E-state index in [1.54, 1.807) is 17.8 Å². The zero-order valence-corrected chi connectivity index (χ0v) is 9.56. The lowest BCUT2D eigenvalue weighted by Gasteiger charge is -2.06. The van der Waals surface area contributed by atoms with Gasteiger partial charge in [0, 0.05) is 0 Å². The van der Waals surface area contributed by atoms with E-state index >= 15 is 0 Å². The van der Waals surface area contributed by atoms with Crippen molar-refractivity contribution >= 4 is 23.6 Å². The smallest absolute Gasteiger partial charge is 0.263 e. The van der Waals surface area contributed by atoms with Gasteiger partial charge in [0.1, 0.15) is 17.9 Å². The molecule has 1 unspecified atom stereocenters. The molecule has 0 aliphatic carbocycles. The highest BCUT2D eigenvalue weighted by molar-refractivity contribution is 7.98. The zero-order chi connectivity index (χ0) is 12.1. The first-order valence-corrected chi connectivity index (χ1v) is 6.00. The van der Waals surface area contributed by atoms with Gasteiger partial charge in [-0.05, 0) is 18.4 Å². The van der Waals surface area contributed by atoms with Gasteiger partial charge in [-0.1, -0.05) is 0 Å². The summed E-state index contributed by atoms with van der Waals surface area (Å²) in [5.41, 5.74) is 4.75. The van der Waals surface area contributed by atoms with Gasteiger partial charge in [-0.15, -0.1) is 0 Å². The molecule has 86 valence electrons. The average molecular weight is 240 g/mol. The Labute approximate surface area is 97.2 Å². The van der Waals surface area contributed by atoms with Crippen LogP contribution in [0, 0.1) is 11.3 Å². The highest BCUT2D eigenvalue weighted by Crippen LogP contribution is 2.10. The number of carbonyl (C=O) groups excluding carboxylic acids is 2. The van der Waals surface area contributed by atoms with Crippen molar-refractivity contribution in [1.82, 2.24) is 10.6 Å². The predicted molar refractivity (Wildman–Crippen MR) is 59.9 cm³/mol. The van der Waals surface area contributed by atoms with E-state index in [0.29, 0.717) is 6.42 Å². The largest absolute Gasteiger partial charge is 0.365 e. The fourth-order valence-electron chi connectivity index (χ4n) is 1.29. The number of hydrogen-bond donors (Lipinski definition) is 3. The topological polar surface area (TPSA) is 108 Å². The van der Waals surface area contributed by atoms with Crippen molar-refractivity contribution in [3.05, 3.63) is 11.4 Å². The number of primary amides is 1. The molecule has 7 heteroatoms. The maximum absolute atomic E-state index is 11.5. The first-order valence-electron chi connectivity index (χ1n) is 4.60. The number of hydrogen-bond acceptors (Lipinski definition) is 5. The molecule has 4 N–H and O–H groups in total. The zero-order valence-electron chi connectivity index (χ0n) is 8.74. The number of carbonyl (C=O) groups is 2. The van der Waals surface area contributed by atoms with E-state index in [9.17, 15) is 9.59 Å². The minimum absolute atomic E-state index is 0.117. The quantitative estimate of drug-likeness (QED) is 0.433. The van der Waals surface area contributed by atoms with Crippen molar-refractivity contribution in [3.8, 4) is 6.07 Å². The molecular weight excluding hydrogens is 228 g/mol. The van der Waals surface area contributed by atoms with Crippen molar-refractivity contribution in [1.29, 1.82) is 5.26 Å². The number of amides is 2. The molecule has 1 rings (SSSR count). The molecule has 0 bridgehead atoms. The minimum Gasteiger partial charge on any atom is -0.365 e. The van der Waals surface area contributed by atoms with E-state index in [4.69, 9.17) is 11.0 Å². The van der Waals surface area contributed by atoms with Gasteiger partial charge in [0.25, 0.3) is 5.91 Å². The Bertz CT molecular complexity index is 385. The van der Waals surface area contributed by atoms with Crippen LogP contribution in [0.5, 0.6) is 0 Å². The van der Waals surface area contributed by atoms with Crippen LogP contribution in [0.4, 0.5) is 0 Å². The molecule has 6 nitrogen and oxygen atoms in total. The molecule has 1 saturated heterocycles. The van der Waals surface area contributed by atoms with Crippen molar-refractivity contribution in [2.75, 3.05) is 12.0 Å². The summed E-state index contributed by atoms with van der Waals surface area (Å²) in [7, 11) is 0. The van der Waals surface area contributed by atoms with E-state index in [-0.39, 0.29) is 17.3 Å². The molecule has 1 aliphatic rings. The van der Waals surface area contributed by atoms with Crippen molar-refractivity contribution in [2.24, 2.45) is 5.73 Å². The second-order valence-electron chi connectivity index (χ2n) is 3.19. The number of nitrogens with two attached hydrogens (primary N) is 1. The van der Waals surface area contributed by atoms with Gasteiger partial charge in [0.05, 0.1) is 0 Å². The summed E-state index contributed by atoms with van der Waals surface area (Å²) in [6, 6.07) is 1.27. The monoisotopic (exact) mass is 240 g/mol. The van der Waals surface area contributed by atoms with Gasteiger partial charge in [0.15, 0.2) is 5.57 Å². The molecule has 0 saturated carbocycles. The number of rotatable bonds is 4. The number of thioether (sulfide) groups is 1. The third-order valence-corrected chi connectivity index (χ3v) is 2.75. The average Bonchev–Trinajstić information content (AvgIpc) is 2.57. The second kappa shape index (κ2) is 5.42. The molecule has 0 spiro atoms. The molecule has 2 amide bonds. The third kappa shape index (κ3) is 2.67. The summed E-state index contributed by atoms with van der Waals surface area (Å²) >= 11 is 1.62. The highest BCUT2D eigenvalue weighted by Gasteiger charge is 2.29. The molecule has 0 aromatic heterocycles. The van der Waals surface area contributed by atoms with Crippen LogP contribution in [-0.2, 0) is 9.59 Å². The Morgan fingerprint density at radius 1 is 1.69 bits per heavy atom. The first-order chi connectivity index (χ1) is 7.60. The molecule has 0 radical (unpaired) electrons. The lowest BCUT2D eigenvalue weighted by atomic mass is 10.2. The van der Waals surface area contributed by atoms with E-state index < -0.39 is 11.9 Å². The summed E-state index contributed by atoms with van der Waals surface area (Å²) in [6.07, 6.45) is 2.57. The molecule has 16 heavy (non-hydrogen) atoms. The standard InChI is InChI=1S/C9H12N4O2S/c1-16-3-2-6-9(15)13-8(12-6)5(4-10)7(11)14/h6,12H,2-3H2,1H3,(H2,11,14)(H,13,15)/b8-5-. The maximum Gasteiger partial charge on any atom is 0.263 e. The summed E-state index contributed by atoms with van der Waals surface area (Å²) in [5, 5.41) is 13.9. The van der Waals surface area contributed by atoms with Crippen LogP contribution in [0.15, 0.2) is 11.4 Å². The SMILES string of the molecule is CSCCC1N/C(=C(\C#N)C(N)=O)NC1=O. The Morgan fingerprint density at radius 3 is 2.88 bits per heavy atom. The lowest BCUT2D eigenvalue weighted by Crippen LogP contribution is -2.28.